The molecule has 0 radical (unpaired) electrons. The molecule has 3 N–H and O–H groups in total. The molecule has 9 nitrogen and oxygen atoms in total. The highest BCUT2D eigenvalue weighted by atomic mass is 16.5. The maximum Gasteiger partial charge on any atom is 0.407 e. The Labute approximate surface area is 233 Å². The minimum absolute atomic E-state index is 0.0671. The fraction of sp³-hybridized carbons (Fsp3) is 0.323. The Morgan fingerprint density at radius 1 is 0.800 bits per heavy atom. The molecule has 0 saturated carbocycles. The number of carbonyl (C=O) groups excluding carboxylic acids is 2. The minimum Gasteiger partial charge on any atom is -0.480 e. The number of amides is 2. The lowest BCUT2D eigenvalue weighted by atomic mass is 9.98. The number of hydrogen-bond acceptors (Lipinski definition) is 6. The van der Waals surface area contributed by atoms with Gasteiger partial charge in [-0.25, -0.2) is 9.59 Å². The van der Waals surface area contributed by atoms with E-state index in [1.165, 1.54) is 7.11 Å². The van der Waals surface area contributed by atoms with Gasteiger partial charge in [0.2, 0.25) is 5.91 Å². The van der Waals surface area contributed by atoms with E-state index in [9.17, 15) is 19.5 Å². The fourth-order valence-electron chi connectivity index (χ4n) is 4.82. The standard InChI is InChI=1S/C31H34N2O7/c1-19(38-3)27(29(34)32-28(30(35)36)20(2)39-17-21-11-5-4-6-12-21)33-31(37)40-18-26-24-15-9-7-13-22(24)23-14-8-10-16-25(23)26/h4-16,19-20,26-28H,17-18H2,1-3H3,(H,32,34)(H,33,37)(H,35,36)/t19-,20+,27+,28-/m1/s1. The molecule has 1 aliphatic carbocycles. The fourth-order valence-corrected chi connectivity index (χ4v) is 4.82. The van der Waals surface area contributed by atoms with Crippen LogP contribution >= 0.6 is 0 Å². The average Bonchev–Trinajstić information content (AvgIpc) is 3.29. The molecular weight excluding hydrogens is 512 g/mol. The summed E-state index contributed by atoms with van der Waals surface area (Å²) in [4.78, 5) is 38.0. The highest BCUT2D eigenvalue weighted by Gasteiger charge is 2.35. The van der Waals surface area contributed by atoms with Crippen LogP contribution in [0.1, 0.15) is 36.5 Å². The van der Waals surface area contributed by atoms with Crippen molar-refractivity contribution in [3.8, 4) is 11.1 Å². The van der Waals surface area contributed by atoms with Gasteiger partial charge in [0.15, 0.2) is 6.04 Å². The van der Waals surface area contributed by atoms with Crippen molar-refractivity contribution in [3.63, 3.8) is 0 Å². The zero-order valence-corrected chi connectivity index (χ0v) is 22.7. The average molecular weight is 547 g/mol. The predicted octanol–water partition coefficient (Wildman–Crippen LogP) is 4.10. The topological polar surface area (TPSA) is 123 Å². The second-order valence-electron chi connectivity index (χ2n) is 9.71. The molecule has 4 rings (SSSR count). The van der Waals surface area contributed by atoms with Gasteiger partial charge in [-0.2, -0.15) is 0 Å². The van der Waals surface area contributed by atoms with Crippen LogP contribution in [-0.2, 0) is 30.4 Å². The summed E-state index contributed by atoms with van der Waals surface area (Å²) in [5, 5.41) is 14.8. The lowest BCUT2D eigenvalue weighted by Gasteiger charge is -2.27. The molecule has 0 spiro atoms. The number of carboxylic acids is 1. The monoisotopic (exact) mass is 546 g/mol. The normalized spacial score (nSPS) is 15.2. The second kappa shape index (κ2) is 13.2. The SMILES string of the molecule is CO[C@H](C)[C@H](NC(=O)OCC1c2ccccc2-c2ccccc21)C(=O)N[C@@H](C(=O)O)[C@H](C)OCc1ccccc1. The Bertz CT molecular complexity index is 1280. The van der Waals surface area contributed by atoms with E-state index in [0.717, 1.165) is 27.8 Å². The highest BCUT2D eigenvalue weighted by molar-refractivity contribution is 5.90. The van der Waals surface area contributed by atoms with E-state index >= 15 is 0 Å². The van der Waals surface area contributed by atoms with Gasteiger partial charge in [-0.1, -0.05) is 78.9 Å². The molecule has 1 aliphatic rings. The van der Waals surface area contributed by atoms with Crippen molar-refractivity contribution in [2.75, 3.05) is 13.7 Å². The van der Waals surface area contributed by atoms with E-state index in [1.807, 2.05) is 78.9 Å². The Balaban J connectivity index is 1.39. The number of methoxy groups -OCH3 is 1. The third-order valence-electron chi connectivity index (χ3n) is 7.13. The Hall–Kier alpha value is -4.21. The van der Waals surface area contributed by atoms with Crippen molar-refractivity contribution < 1.29 is 33.7 Å². The number of nitrogens with one attached hydrogen (secondary N) is 2. The summed E-state index contributed by atoms with van der Waals surface area (Å²) in [6.45, 7) is 3.41. The quantitative estimate of drug-likeness (QED) is 0.313. The molecule has 2 amide bonds. The molecule has 0 aromatic heterocycles. The summed E-state index contributed by atoms with van der Waals surface area (Å²) >= 11 is 0. The number of rotatable bonds is 12. The number of carboxylic acid groups (broad SMARTS) is 1. The van der Waals surface area contributed by atoms with Gasteiger partial charge in [0.05, 0.1) is 18.8 Å². The van der Waals surface area contributed by atoms with Gasteiger partial charge < -0.3 is 30.0 Å². The van der Waals surface area contributed by atoms with Crippen LogP contribution in [0.2, 0.25) is 0 Å². The van der Waals surface area contributed by atoms with E-state index in [-0.39, 0.29) is 19.1 Å². The molecule has 3 aromatic rings. The van der Waals surface area contributed by atoms with E-state index < -0.39 is 42.3 Å². The first kappa shape index (κ1) is 28.8. The first-order chi connectivity index (χ1) is 19.3. The minimum atomic E-state index is -1.35. The van der Waals surface area contributed by atoms with Crippen LogP contribution in [0.25, 0.3) is 11.1 Å². The molecule has 3 aromatic carbocycles. The molecule has 4 atom stereocenters. The lowest BCUT2D eigenvalue weighted by Crippen LogP contribution is -2.58. The van der Waals surface area contributed by atoms with Crippen LogP contribution < -0.4 is 10.6 Å². The summed E-state index contributed by atoms with van der Waals surface area (Å²) in [7, 11) is 1.39. The molecule has 0 aliphatic heterocycles. The number of aliphatic carboxylic acids is 1. The Morgan fingerprint density at radius 3 is 1.95 bits per heavy atom. The zero-order chi connectivity index (χ0) is 28.6. The van der Waals surface area contributed by atoms with Crippen molar-refractivity contribution >= 4 is 18.0 Å². The van der Waals surface area contributed by atoms with Crippen LogP contribution in [0.3, 0.4) is 0 Å². The highest BCUT2D eigenvalue weighted by Crippen LogP contribution is 2.44. The number of fused-ring (bicyclic) bond motifs is 3. The molecule has 0 unspecified atom stereocenters. The van der Waals surface area contributed by atoms with E-state index in [0.29, 0.717) is 0 Å². The van der Waals surface area contributed by atoms with Crippen LogP contribution in [0.5, 0.6) is 0 Å². The molecule has 0 saturated heterocycles. The molecule has 0 heterocycles. The van der Waals surface area contributed by atoms with Crippen LogP contribution in [0, 0.1) is 0 Å². The summed E-state index contributed by atoms with van der Waals surface area (Å²) < 4.78 is 16.6. The van der Waals surface area contributed by atoms with Gasteiger partial charge in [-0.3, -0.25) is 4.79 Å². The van der Waals surface area contributed by atoms with Crippen LogP contribution in [0.4, 0.5) is 4.79 Å². The van der Waals surface area contributed by atoms with Crippen LogP contribution in [0.15, 0.2) is 78.9 Å². The molecule has 40 heavy (non-hydrogen) atoms. The molecule has 210 valence electrons. The first-order valence-corrected chi connectivity index (χ1v) is 13.1. The number of carbonyl (C=O) groups is 3. The summed E-state index contributed by atoms with van der Waals surface area (Å²) in [5.41, 5.74) is 5.18. The summed E-state index contributed by atoms with van der Waals surface area (Å²) in [6, 6.07) is 22.7. The summed E-state index contributed by atoms with van der Waals surface area (Å²) in [6.07, 6.45) is -2.43. The van der Waals surface area contributed by atoms with Gasteiger partial charge in [0.1, 0.15) is 12.6 Å². The third kappa shape index (κ3) is 6.67. The number of benzene rings is 3. The van der Waals surface area contributed by atoms with Gasteiger partial charge in [0, 0.05) is 13.0 Å². The largest absolute Gasteiger partial charge is 0.480 e. The van der Waals surface area contributed by atoms with Crippen molar-refractivity contribution in [1.82, 2.24) is 10.6 Å². The Kier molecular flexibility index (Phi) is 9.52. The lowest BCUT2D eigenvalue weighted by molar-refractivity contribution is -0.147. The molecule has 9 heteroatoms. The third-order valence-corrected chi connectivity index (χ3v) is 7.13. The van der Waals surface area contributed by atoms with E-state index in [2.05, 4.69) is 10.6 Å². The van der Waals surface area contributed by atoms with E-state index in [1.54, 1.807) is 13.8 Å². The predicted molar refractivity (Wildman–Crippen MR) is 149 cm³/mol. The summed E-state index contributed by atoms with van der Waals surface area (Å²) in [5.74, 6) is -2.14. The smallest absolute Gasteiger partial charge is 0.407 e. The number of hydrogen-bond donors (Lipinski definition) is 3. The first-order valence-electron chi connectivity index (χ1n) is 13.1. The van der Waals surface area contributed by atoms with E-state index in [4.69, 9.17) is 14.2 Å². The van der Waals surface area contributed by atoms with Gasteiger partial charge in [0.25, 0.3) is 0 Å². The van der Waals surface area contributed by atoms with Crippen molar-refractivity contribution in [2.45, 2.75) is 50.7 Å². The zero-order valence-electron chi connectivity index (χ0n) is 22.7. The maximum absolute atomic E-state index is 13.2. The second-order valence-corrected chi connectivity index (χ2v) is 9.71. The molecule has 0 fully saturated rings. The maximum atomic E-state index is 13.2. The van der Waals surface area contributed by atoms with Gasteiger partial charge in [-0.15, -0.1) is 0 Å². The van der Waals surface area contributed by atoms with Crippen LogP contribution in [-0.4, -0.2) is 61.1 Å². The van der Waals surface area contributed by atoms with Crippen molar-refractivity contribution in [3.05, 3.63) is 95.6 Å². The van der Waals surface area contributed by atoms with Gasteiger partial charge in [-0.05, 0) is 41.7 Å². The molecular formula is C31H34N2O7. The van der Waals surface area contributed by atoms with Crippen molar-refractivity contribution in [1.29, 1.82) is 0 Å². The number of ether oxygens (including phenoxy) is 3. The Morgan fingerprint density at radius 2 is 1.38 bits per heavy atom. The molecule has 0 bridgehead atoms. The van der Waals surface area contributed by atoms with Crippen molar-refractivity contribution in [2.24, 2.45) is 0 Å². The number of alkyl carbamates (subject to hydrolysis) is 1. The van der Waals surface area contributed by atoms with Gasteiger partial charge >= 0.3 is 12.1 Å².